The van der Waals surface area contributed by atoms with Crippen LogP contribution in [0.2, 0.25) is 0 Å². The summed E-state index contributed by atoms with van der Waals surface area (Å²) in [5, 5.41) is 3.67. The first kappa shape index (κ1) is 10.4. The lowest BCUT2D eigenvalue weighted by Gasteiger charge is -2.34. The number of hydrogen-bond donors (Lipinski definition) is 1. The van der Waals surface area contributed by atoms with Gasteiger partial charge in [0.15, 0.2) is 0 Å². The summed E-state index contributed by atoms with van der Waals surface area (Å²) in [7, 11) is 0. The molecule has 14 heavy (non-hydrogen) atoms. The third-order valence-electron chi connectivity index (χ3n) is 3.80. The van der Waals surface area contributed by atoms with Crippen molar-refractivity contribution in [1.29, 1.82) is 0 Å². The zero-order chi connectivity index (χ0) is 9.97. The lowest BCUT2D eigenvalue weighted by Crippen LogP contribution is -2.44. The Morgan fingerprint density at radius 2 is 2.21 bits per heavy atom. The van der Waals surface area contributed by atoms with Crippen LogP contribution in [0.1, 0.15) is 39.5 Å². The first-order chi connectivity index (χ1) is 6.79. The Morgan fingerprint density at radius 1 is 1.36 bits per heavy atom. The van der Waals surface area contributed by atoms with Crippen molar-refractivity contribution < 1.29 is 4.74 Å². The van der Waals surface area contributed by atoms with Gasteiger partial charge in [0.1, 0.15) is 0 Å². The number of nitrogens with one attached hydrogen (secondary N) is 1. The van der Waals surface area contributed by atoms with Gasteiger partial charge in [-0.15, -0.1) is 0 Å². The van der Waals surface area contributed by atoms with Crippen molar-refractivity contribution >= 4 is 0 Å². The quantitative estimate of drug-likeness (QED) is 0.696. The van der Waals surface area contributed by atoms with Crippen molar-refractivity contribution in [2.24, 2.45) is 11.8 Å². The second-order valence-electron chi connectivity index (χ2n) is 5.08. The highest BCUT2D eigenvalue weighted by Gasteiger charge is 2.32. The van der Waals surface area contributed by atoms with Crippen molar-refractivity contribution in [2.75, 3.05) is 13.2 Å². The monoisotopic (exact) mass is 197 g/mol. The molecule has 0 radical (unpaired) electrons. The molecule has 1 heterocycles. The summed E-state index contributed by atoms with van der Waals surface area (Å²) in [6.07, 6.45) is 5.80. The molecule has 2 fully saturated rings. The summed E-state index contributed by atoms with van der Waals surface area (Å²) in [6, 6.07) is 0.638. The van der Waals surface area contributed by atoms with E-state index in [9.17, 15) is 0 Å². The van der Waals surface area contributed by atoms with Gasteiger partial charge in [0, 0.05) is 12.6 Å². The maximum Gasteiger partial charge on any atom is 0.0728 e. The van der Waals surface area contributed by atoms with Gasteiger partial charge < -0.3 is 10.1 Å². The molecule has 4 unspecified atom stereocenters. The summed E-state index contributed by atoms with van der Waals surface area (Å²) >= 11 is 0. The Bertz CT molecular complexity index is 183. The molecule has 1 saturated heterocycles. The molecule has 2 rings (SSSR count). The minimum atomic E-state index is 0.503. The topological polar surface area (TPSA) is 21.3 Å². The minimum Gasteiger partial charge on any atom is -0.376 e. The van der Waals surface area contributed by atoms with Crippen LogP contribution in [-0.4, -0.2) is 25.3 Å². The van der Waals surface area contributed by atoms with E-state index in [2.05, 4.69) is 19.2 Å². The fraction of sp³-hybridized carbons (Fsp3) is 1.00. The van der Waals surface area contributed by atoms with Gasteiger partial charge in [-0.05, 0) is 31.1 Å². The second-order valence-corrected chi connectivity index (χ2v) is 5.08. The van der Waals surface area contributed by atoms with Gasteiger partial charge in [0.2, 0.25) is 0 Å². The van der Waals surface area contributed by atoms with Crippen LogP contribution < -0.4 is 5.32 Å². The van der Waals surface area contributed by atoms with Gasteiger partial charge in [-0.2, -0.15) is 0 Å². The number of hydrogen-bond acceptors (Lipinski definition) is 2. The molecule has 2 heteroatoms. The van der Waals surface area contributed by atoms with Gasteiger partial charge in [-0.25, -0.2) is 0 Å². The van der Waals surface area contributed by atoms with Gasteiger partial charge >= 0.3 is 0 Å². The smallest absolute Gasteiger partial charge is 0.0728 e. The predicted molar refractivity (Wildman–Crippen MR) is 58.3 cm³/mol. The summed E-state index contributed by atoms with van der Waals surface area (Å²) in [5.74, 6) is 1.61. The Morgan fingerprint density at radius 3 is 3.00 bits per heavy atom. The van der Waals surface area contributed by atoms with Crippen molar-refractivity contribution in [3.63, 3.8) is 0 Å². The first-order valence-corrected chi connectivity index (χ1v) is 6.14. The highest BCUT2D eigenvalue weighted by molar-refractivity contribution is 4.87. The van der Waals surface area contributed by atoms with Gasteiger partial charge in [0.05, 0.1) is 12.7 Å². The molecular weight excluding hydrogens is 174 g/mol. The largest absolute Gasteiger partial charge is 0.376 e. The first-order valence-electron chi connectivity index (χ1n) is 6.14. The Kier molecular flexibility index (Phi) is 3.45. The molecule has 2 aliphatic rings. The molecule has 1 aliphatic heterocycles. The van der Waals surface area contributed by atoms with E-state index in [1.54, 1.807) is 0 Å². The normalized spacial score (nSPS) is 44.1. The van der Waals surface area contributed by atoms with Crippen molar-refractivity contribution in [1.82, 2.24) is 5.32 Å². The van der Waals surface area contributed by atoms with Crippen LogP contribution >= 0.6 is 0 Å². The second kappa shape index (κ2) is 4.63. The Labute approximate surface area is 87.4 Å². The van der Waals surface area contributed by atoms with Crippen LogP contribution in [0.15, 0.2) is 0 Å². The van der Waals surface area contributed by atoms with Crippen molar-refractivity contribution in [3.05, 3.63) is 0 Å². The molecular formula is C12H23NO. The summed E-state index contributed by atoms with van der Waals surface area (Å²) in [6.45, 7) is 6.66. The van der Waals surface area contributed by atoms with E-state index < -0.39 is 0 Å². The number of rotatable bonds is 1. The maximum absolute atomic E-state index is 5.95. The summed E-state index contributed by atoms with van der Waals surface area (Å²) in [5.41, 5.74) is 0. The van der Waals surface area contributed by atoms with E-state index in [-0.39, 0.29) is 0 Å². The van der Waals surface area contributed by atoms with E-state index in [0.717, 1.165) is 19.1 Å². The molecule has 0 amide bonds. The zero-order valence-electron chi connectivity index (χ0n) is 9.46. The van der Waals surface area contributed by atoms with E-state index in [4.69, 9.17) is 4.74 Å². The lowest BCUT2D eigenvalue weighted by molar-refractivity contribution is 0.00103. The zero-order valence-corrected chi connectivity index (χ0v) is 9.46. The number of ether oxygens (including phenoxy) is 1. The maximum atomic E-state index is 5.95. The molecule has 0 aromatic heterocycles. The summed E-state index contributed by atoms with van der Waals surface area (Å²) < 4.78 is 5.95. The molecule has 1 N–H and O–H groups in total. The molecule has 2 nitrogen and oxygen atoms in total. The van der Waals surface area contributed by atoms with E-state index in [1.807, 2.05) is 0 Å². The van der Waals surface area contributed by atoms with Crippen LogP contribution in [0, 0.1) is 11.8 Å². The Balaban J connectivity index is 1.92. The fourth-order valence-electron chi connectivity index (χ4n) is 2.71. The number of fused-ring (bicyclic) bond motifs is 1. The van der Waals surface area contributed by atoms with E-state index in [0.29, 0.717) is 18.1 Å². The molecule has 1 saturated carbocycles. The third kappa shape index (κ3) is 2.29. The van der Waals surface area contributed by atoms with Gasteiger partial charge in [-0.3, -0.25) is 0 Å². The predicted octanol–water partition coefficient (Wildman–Crippen LogP) is 2.19. The molecule has 82 valence electrons. The average molecular weight is 197 g/mol. The molecule has 4 atom stereocenters. The molecule has 0 aromatic rings. The molecule has 0 aromatic carbocycles. The third-order valence-corrected chi connectivity index (χ3v) is 3.80. The van der Waals surface area contributed by atoms with E-state index >= 15 is 0 Å². The lowest BCUT2D eigenvalue weighted by atomic mass is 9.82. The molecule has 1 aliphatic carbocycles. The summed E-state index contributed by atoms with van der Waals surface area (Å²) in [4.78, 5) is 0. The van der Waals surface area contributed by atoms with Crippen LogP contribution in [0.5, 0.6) is 0 Å². The Hall–Kier alpha value is -0.0800. The molecule has 0 bridgehead atoms. The van der Waals surface area contributed by atoms with Gasteiger partial charge in [-0.1, -0.05) is 20.3 Å². The van der Waals surface area contributed by atoms with Crippen molar-refractivity contribution in [2.45, 2.75) is 51.7 Å². The van der Waals surface area contributed by atoms with Gasteiger partial charge in [0.25, 0.3) is 0 Å². The highest BCUT2D eigenvalue weighted by Crippen LogP contribution is 2.30. The minimum absolute atomic E-state index is 0.503. The van der Waals surface area contributed by atoms with Crippen molar-refractivity contribution in [3.8, 4) is 0 Å². The van der Waals surface area contributed by atoms with Crippen LogP contribution in [0.25, 0.3) is 0 Å². The highest BCUT2D eigenvalue weighted by atomic mass is 16.5. The van der Waals surface area contributed by atoms with Crippen LogP contribution in [-0.2, 0) is 4.74 Å². The van der Waals surface area contributed by atoms with E-state index in [1.165, 1.54) is 25.7 Å². The average Bonchev–Trinajstić information content (AvgIpc) is 2.40. The standard InChI is InChI=1S/C12H23NO/c1-3-10-4-5-12-11(6-10)13-7-9(2)8-14-12/h9-13H,3-8H2,1-2H3. The SMILES string of the molecule is CCC1CCC2OCC(C)CNC2C1. The van der Waals surface area contributed by atoms with Crippen LogP contribution in [0.3, 0.4) is 0 Å². The van der Waals surface area contributed by atoms with Crippen LogP contribution in [0.4, 0.5) is 0 Å². The fourth-order valence-corrected chi connectivity index (χ4v) is 2.71. The molecule has 0 spiro atoms.